The molecular weight excluding hydrogens is 409 g/mol. The fourth-order valence-corrected chi connectivity index (χ4v) is 8.55. The first-order valence-corrected chi connectivity index (χ1v) is 14.2. The maximum Gasteiger partial charge on any atom is 0.130 e. The highest BCUT2D eigenvalue weighted by Gasteiger charge is 2.23. The second kappa shape index (κ2) is 10.7. The SMILES string of the molecule is CCC[C@H]1CC[Si@H](c2ccc(-c3ccc(CCc4ccc(C#N)cc4)cc3)c(F)c2)CC1. The molecule has 0 amide bonds. The predicted octanol–water partition coefficient (Wildman–Crippen LogP) is 6.79. The molecule has 0 atom stereocenters. The molecule has 1 aliphatic heterocycles. The largest absolute Gasteiger partial charge is 0.206 e. The van der Waals surface area contributed by atoms with Crippen LogP contribution in [-0.4, -0.2) is 8.80 Å². The van der Waals surface area contributed by atoms with E-state index in [0.29, 0.717) is 11.1 Å². The van der Waals surface area contributed by atoms with Crippen LogP contribution in [0.2, 0.25) is 12.1 Å². The Bertz CT molecular complexity index is 1060. The second-order valence-corrected chi connectivity index (χ2v) is 12.5. The van der Waals surface area contributed by atoms with Crippen LogP contribution in [0, 0.1) is 23.1 Å². The minimum absolute atomic E-state index is 0.0731. The first kappa shape index (κ1) is 22.5. The number of benzene rings is 3. The lowest BCUT2D eigenvalue weighted by atomic mass is 9.97. The van der Waals surface area contributed by atoms with E-state index in [1.165, 1.54) is 54.1 Å². The van der Waals surface area contributed by atoms with Crippen LogP contribution >= 0.6 is 0 Å². The van der Waals surface area contributed by atoms with E-state index in [4.69, 9.17) is 5.26 Å². The Morgan fingerprint density at radius 1 is 0.906 bits per heavy atom. The first-order chi connectivity index (χ1) is 15.7. The molecule has 3 aromatic carbocycles. The van der Waals surface area contributed by atoms with Gasteiger partial charge in [-0.05, 0) is 53.6 Å². The summed E-state index contributed by atoms with van der Waals surface area (Å²) in [5, 5.41) is 10.2. The van der Waals surface area contributed by atoms with Crippen LogP contribution in [-0.2, 0) is 12.8 Å². The Balaban J connectivity index is 1.37. The van der Waals surface area contributed by atoms with Crippen molar-refractivity contribution in [3.05, 3.63) is 89.2 Å². The van der Waals surface area contributed by atoms with Gasteiger partial charge < -0.3 is 0 Å². The van der Waals surface area contributed by atoms with Crippen molar-refractivity contribution in [2.45, 2.75) is 57.5 Å². The standard InChI is InChI=1S/C29H32FNSi/c1-2-3-22-16-18-32(19-17-22)27-14-15-28(29(30)20-27)26-12-10-24(11-13-26)5-4-23-6-8-25(21-31)9-7-23/h6-15,20,22,32H,2-5,16-19H2,1H3/t22-,32-. The average molecular weight is 442 g/mol. The van der Waals surface area contributed by atoms with Gasteiger partial charge >= 0.3 is 0 Å². The molecule has 3 heteroatoms. The molecule has 1 nitrogen and oxygen atoms in total. The third-order valence-electron chi connectivity index (χ3n) is 7.06. The summed E-state index contributed by atoms with van der Waals surface area (Å²) in [5.74, 6) is 0.833. The number of nitriles is 1. The number of rotatable bonds is 7. The fraction of sp³-hybridized carbons (Fsp3) is 0.345. The molecule has 0 aliphatic carbocycles. The van der Waals surface area contributed by atoms with E-state index in [1.54, 1.807) is 0 Å². The van der Waals surface area contributed by atoms with Crippen molar-refractivity contribution in [3.63, 3.8) is 0 Å². The van der Waals surface area contributed by atoms with Crippen LogP contribution in [0.5, 0.6) is 0 Å². The summed E-state index contributed by atoms with van der Waals surface area (Å²) in [4.78, 5) is 0. The Hall–Kier alpha value is -2.70. The molecule has 1 saturated heterocycles. The lowest BCUT2D eigenvalue weighted by molar-refractivity contribution is 0.434. The van der Waals surface area contributed by atoms with E-state index < -0.39 is 8.80 Å². The molecular formula is C29H32FNSi. The zero-order chi connectivity index (χ0) is 22.3. The Kier molecular flexibility index (Phi) is 7.55. The zero-order valence-electron chi connectivity index (χ0n) is 19.0. The van der Waals surface area contributed by atoms with Crippen molar-refractivity contribution in [2.24, 2.45) is 5.92 Å². The molecule has 164 valence electrons. The smallest absolute Gasteiger partial charge is 0.130 e. The monoisotopic (exact) mass is 441 g/mol. The fourth-order valence-electron chi connectivity index (χ4n) is 5.10. The summed E-state index contributed by atoms with van der Waals surface area (Å²) in [6.07, 6.45) is 7.20. The number of hydrogen-bond donors (Lipinski definition) is 0. The number of halogens is 1. The van der Waals surface area contributed by atoms with E-state index in [0.717, 1.165) is 24.3 Å². The van der Waals surface area contributed by atoms with E-state index in [1.807, 2.05) is 48.5 Å². The van der Waals surface area contributed by atoms with Gasteiger partial charge in [-0.1, -0.05) is 98.4 Å². The molecule has 1 aliphatic rings. The molecule has 0 saturated carbocycles. The Morgan fingerprint density at radius 3 is 2.09 bits per heavy atom. The van der Waals surface area contributed by atoms with Crippen molar-refractivity contribution < 1.29 is 4.39 Å². The van der Waals surface area contributed by atoms with Gasteiger partial charge in [-0.2, -0.15) is 5.26 Å². The maximum atomic E-state index is 15.0. The van der Waals surface area contributed by atoms with E-state index in [-0.39, 0.29) is 5.82 Å². The third kappa shape index (κ3) is 5.55. The molecule has 0 bridgehead atoms. The number of nitrogens with zero attached hydrogens (tertiary/aromatic N) is 1. The Labute approximate surface area is 193 Å². The van der Waals surface area contributed by atoms with Gasteiger partial charge in [0, 0.05) is 5.56 Å². The van der Waals surface area contributed by atoms with Gasteiger partial charge in [0.25, 0.3) is 0 Å². The van der Waals surface area contributed by atoms with Crippen LogP contribution in [0.4, 0.5) is 4.39 Å². The van der Waals surface area contributed by atoms with Crippen molar-refractivity contribution in [2.75, 3.05) is 0 Å². The van der Waals surface area contributed by atoms with Crippen molar-refractivity contribution >= 4 is 14.0 Å². The van der Waals surface area contributed by atoms with Crippen LogP contribution in [0.25, 0.3) is 11.1 Å². The average Bonchev–Trinajstić information content (AvgIpc) is 2.84. The van der Waals surface area contributed by atoms with Gasteiger partial charge in [0.05, 0.1) is 20.4 Å². The van der Waals surface area contributed by atoms with Gasteiger partial charge in [0.15, 0.2) is 0 Å². The Morgan fingerprint density at radius 2 is 1.53 bits per heavy atom. The lowest BCUT2D eigenvalue weighted by Gasteiger charge is -2.27. The molecule has 0 N–H and O–H groups in total. The summed E-state index contributed by atoms with van der Waals surface area (Å²) >= 11 is 0. The van der Waals surface area contributed by atoms with Crippen LogP contribution in [0.15, 0.2) is 66.7 Å². The summed E-state index contributed by atoms with van der Waals surface area (Å²) in [5.41, 5.74) is 4.82. The van der Waals surface area contributed by atoms with Crippen LogP contribution in [0.3, 0.4) is 0 Å². The molecule has 3 aromatic rings. The van der Waals surface area contributed by atoms with E-state index >= 15 is 4.39 Å². The predicted molar refractivity (Wildman–Crippen MR) is 134 cm³/mol. The number of aryl methyl sites for hydroxylation is 2. The summed E-state index contributed by atoms with van der Waals surface area (Å²) in [7, 11) is -1.00. The van der Waals surface area contributed by atoms with Gasteiger partial charge in [0.2, 0.25) is 0 Å². The molecule has 4 rings (SSSR count). The van der Waals surface area contributed by atoms with Crippen LogP contribution in [0.1, 0.15) is 49.3 Å². The summed E-state index contributed by atoms with van der Waals surface area (Å²) < 4.78 is 15.0. The quantitative estimate of drug-likeness (QED) is 0.370. The topological polar surface area (TPSA) is 23.8 Å². The molecule has 1 heterocycles. The molecule has 0 aromatic heterocycles. The van der Waals surface area contributed by atoms with Gasteiger partial charge in [0.1, 0.15) is 5.82 Å². The van der Waals surface area contributed by atoms with Crippen LogP contribution < -0.4 is 5.19 Å². The highest BCUT2D eigenvalue weighted by Crippen LogP contribution is 2.29. The van der Waals surface area contributed by atoms with Crippen molar-refractivity contribution in [3.8, 4) is 17.2 Å². The van der Waals surface area contributed by atoms with E-state index in [2.05, 4.69) is 31.2 Å². The summed E-state index contributed by atoms with van der Waals surface area (Å²) in [6.45, 7) is 2.28. The molecule has 0 radical (unpaired) electrons. The highest BCUT2D eigenvalue weighted by atomic mass is 28.3. The van der Waals surface area contributed by atoms with Gasteiger partial charge in [-0.15, -0.1) is 0 Å². The molecule has 0 spiro atoms. The molecule has 0 unspecified atom stereocenters. The van der Waals surface area contributed by atoms with E-state index in [9.17, 15) is 0 Å². The van der Waals surface area contributed by atoms with Gasteiger partial charge in [-0.25, -0.2) is 4.39 Å². The minimum Gasteiger partial charge on any atom is -0.206 e. The zero-order valence-corrected chi connectivity index (χ0v) is 20.1. The first-order valence-electron chi connectivity index (χ1n) is 12.0. The van der Waals surface area contributed by atoms with Crippen molar-refractivity contribution in [1.82, 2.24) is 0 Å². The maximum absolute atomic E-state index is 15.0. The highest BCUT2D eigenvalue weighted by molar-refractivity contribution is 6.73. The third-order valence-corrected chi connectivity index (χ3v) is 10.4. The van der Waals surface area contributed by atoms with Crippen molar-refractivity contribution in [1.29, 1.82) is 5.26 Å². The number of hydrogen-bond acceptors (Lipinski definition) is 1. The normalized spacial score (nSPS) is 18.3. The molecule has 32 heavy (non-hydrogen) atoms. The second-order valence-electron chi connectivity index (χ2n) is 9.25. The lowest BCUT2D eigenvalue weighted by Crippen LogP contribution is -2.34. The minimum atomic E-state index is -1.00. The summed E-state index contributed by atoms with van der Waals surface area (Å²) in [6, 6.07) is 26.9. The molecule has 1 fully saturated rings. The van der Waals surface area contributed by atoms with Gasteiger partial charge in [-0.3, -0.25) is 0 Å².